The molecule has 2 N–H and O–H groups in total. The second-order valence-electron chi connectivity index (χ2n) is 11.1. The van der Waals surface area contributed by atoms with Crippen LogP contribution >= 0.6 is 0 Å². The number of amides is 2. The molecule has 0 spiro atoms. The van der Waals surface area contributed by atoms with Crippen LogP contribution in [0.1, 0.15) is 52.7 Å². The molecule has 41 heavy (non-hydrogen) atoms. The number of benzene rings is 2. The predicted octanol–water partition coefficient (Wildman–Crippen LogP) is 4.28. The Kier molecular flexibility index (Phi) is 12.8. The highest BCUT2D eigenvalue weighted by atomic mass is 16.6. The number of esters is 2. The summed E-state index contributed by atoms with van der Waals surface area (Å²) in [5.74, 6) is -2.21. The van der Waals surface area contributed by atoms with Gasteiger partial charge in [-0.2, -0.15) is 0 Å². The van der Waals surface area contributed by atoms with Crippen LogP contribution in [0, 0.1) is 0 Å². The second kappa shape index (κ2) is 15.7. The fourth-order valence-corrected chi connectivity index (χ4v) is 3.22. The van der Waals surface area contributed by atoms with E-state index >= 15 is 0 Å². The minimum Gasteiger partial charge on any atom is -0.444 e. The van der Waals surface area contributed by atoms with Crippen molar-refractivity contribution < 1.29 is 42.9 Å². The van der Waals surface area contributed by atoms with E-state index in [1.165, 1.54) is 0 Å². The van der Waals surface area contributed by atoms with Crippen molar-refractivity contribution in [2.24, 2.45) is 0 Å². The molecule has 224 valence electrons. The van der Waals surface area contributed by atoms with Gasteiger partial charge in [0.2, 0.25) is 0 Å². The van der Waals surface area contributed by atoms with E-state index in [9.17, 15) is 19.2 Å². The van der Waals surface area contributed by atoms with Crippen LogP contribution in [0.4, 0.5) is 9.59 Å². The first-order valence-electron chi connectivity index (χ1n) is 13.2. The Hall–Kier alpha value is -3.96. The van der Waals surface area contributed by atoms with Gasteiger partial charge in [0, 0.05) is 0 Å². The highest BCUT2D eigenvalue weighted by Gasteiger charge is 2.32. The Labute approximate surface area is 240 Å². The monoisotopic (exact) mass is 572 g/mol. The first-order valence-corrected chi connectivity index (χ1v) is 13.2. The third-order valence-electron chi connectivity index (χ3n) is 4.94. The minimum atomic E-state index is -1.38. The van der Waals surface area contributed by atoms with Gasteiger partial charge in [-0.3, -0.25) is 0 Å². The summed E-state index contributed by atoms with van der Waals surface area (Å²) < 4.78 is 26.8. The van der Waals surface area contributed by atoms with Crippen LogP contribution in [0.3, 0.4) is 0 Å². The molecule has 2 atom stereocenters. The molecule has 2 amide bonds. The van der Waals surface area contributed by atoms with E-state index in [-0.39, 0.29) is 26.4 Å². The zero-order chi connectivity index (χ0) is 30.5. The molecule has 2 aromatic carbocycles. The standard InChI is InChI=1S/C30H40N2O9/c1-29(2,3)40-27(35)31-23(19-37-17-21-13-9-7-10-14-21)25(33)39-26(34)24(32-28(36)41-30(4,5)6)20-38-18-22-15-11-8-12-16-22/h7-16,23-24H,17-20H2,1-6H3,(H,31,35)(H,32,36)/t23-,24-/m0/s1. The second-order valence-corrected chi connectivity index (χ2v) is 11.1. The molecule has 0 aliphatic rings. The summed E-state index contributed by atoms with van der Waals surface area (Å²) in [7, 11) is 0. The molecule has 0 unspecified atom stereocenters. The van der Waals surface area contributed by atoms with Gasteiger partial charge in [-0.25, -0.2) is 19.2 Å². The smallest absolute Gasteiger partial charge is 0.408 e. The first-order chi connectivity index (χ1) is 19.2. The molecule has 0 saturated carbocycles. The summed E-state index contributed by atoms with van der Waals surface area (Å²) in [6.45, 7) is 9.65. The lowest BCUT2D eigenvalue weighted by Crippen LogP contribution is -2.51. The summed E-state index contributed by atoms with van der Waals surface area (Å²) in [6.07, 6.45) is -1.80. The maximum absolute atomic E-state index is 13.0. The van der Waals surface area contributed by atoms with Crippen molar-refractivity contribution in [3.63, 3.8) is 0 Å². The highest BCUT2D eigenvalue weighted by molar-refractivity contribution is 5.93. The molecule has 2 rings (SSSR count). The average Bonchev–Trinajstić information content (AvgIpc) is 2.86. The van der Waals surface area contributed by atoms with E-state index in [0.717, 1.165) is 11.1 Å². The summed E-state index contributed by atoms with van der Waals surface area (Å²) in [5.41, 5.74) is 0.00513. The first kappa shape index (κ1) is 33.2. The van der Waals surface area contributed by atoms with Crippen LogP contribution in [0.2, 0.25) is 0 Å². The van der Waals surface area contributed by atoms with Crippen LogP contribution in [0.25, 0.3) is 0 Å². The maximum atomic E-state index is 13.0. The van der Waals surface area contributed by atoms with Gasteiger partial charge < -0.3 is 34.3 Å². The Morgan fingerprint density at radius 2 is 0.951 bits per heavy atom. The quantitative estimate of drug-likeness (QED) is 0.217. The number of alkyl carbamates (subject to hydrolysis) is 2. The van der Waals surface area contributed by atoms with E-state index in [2.05, 4.69) is 10.6 Å². The molecule has 0 heterocycles. The molecule has 0 aliphatic carbocycles. The van der Waals surface area contributed by atoms with E-state index in [4.69, 9.17) is 23.7 Å². The molecule has 0 saturated heterocycles. The lowest BCUT2D eigenvalue weighted by atomic mass is 10.2. The molecule has 0 aromatic heterocycles. The van der Waals surface area contributed by atoms with Gasteiger partial charge >= 0.3 is 24.1 Å². The van der Waals surface area contributed by atoms with Crippen LogP contribution < -0.4 is 10.6 Å². The molecule has 2 aromatic rings. The normalized spacial score (nSPS) is 12.9. The van der Waals surface area contributed by atoms with Gasteiger partial charge in [0.1, 0.15) is 11.2 Å². The summed E-state index contributed by atoms with van der Waals surface area (Å²) in [6, 6.07) is 15.6. The van der Waals surface area contributed by atoms with E-state index in [1.807, 2.05) is 60.7 Å². The lowest BCUT2D eigenvalue weighted by Gasteiger charge is -2.24. The fraction of sp³-hybridized carbons (Fsp3) is 0.467. The number of carbonyl (C=O) groups is 4. The molecule has 0 aliphatic heterocycles. The van der Waals surface area contributed by atoms with Gasteiger partial charge in [0.25, 0.3) is 0 Å². The van der Waals surface area contributed by atoms with Crippen molar-refractivity contribution in [1.29, 1.82) is 0 Å². The van der Waals surface area contributed by atoms with Crippen molar-refractivity contribution >= 4 is 24.1 Å². The molecule has 0 bridgehead atoms. The number of hydrogen-bond acceptors (Lipinski definition) is 9. The number of carbonyl (C=O) groups excluding carboxylic acids is 4. The number of rotatable bonds is 12. The third-order valence-corrected chi connectivity index (χ3v) is 4.94. The molecular formula is C30H40N2O9. The Morgan fingerprint density at radius 1 is 0.610 bits per heavy atom. The SMILES string of the molecule is CC(C)(C)OC(=O)N[C@@H](COCc1ccccc1)C(=O)OC(=O)[C@H](COCc1ccccc1)NC(=O)OC(C)(C)C. The van der Waals surface area contributed by atoms with Gasteiger partial charge in [0.15, 0.2) is 12.1 Å². The predicted molar refractivity (Wildman–Crippen MR) is 150 cm³/mol. The van der Waals surface area contributed by atoms with Gasteiger partial charge in [0.05, 0.1) is 26.4 Å². The topological polar surface area (TPSA) is 138 Å². The van der Waals surface area contributed by atoms with Crippen LogP contribution in [-0.2, 0) is 46.5 Å². The zero-order valence-corrected chi connectivity index (χ0v) is 24.4. The Balaban J connectivity index is 2.10. The number of ether oxygens (including phenoxy) is 5. The maximum Gasteiger partial charge on any atom is 0.408 e. The molecule has 0 fully saturated rings. The highest BCUT2D eigenvalue weighted by Crippen LogP contribution is 2.10. The third kappa shape index (κ3) is 14.3. The Morgan fingerprint density at radius 3 is 1.27 bits per heavy atom. The van der Waals surface area contributed by atoms with Crippen molar-refractivity contribution in [2.75, 3.05) is 13.2 Å². The van der Waals surface area contributed by atoms with Crippen LogP contribution in [0.15, 0.2) is 60.7 Å². The molecule has 11 heteroatoms. The largest absolute Gasteiger partial charge is 0.444 e. The zero-order valence-electron chi connectivity index (χ0n) is 24.4. The van der Waals surface area contributed by atoms with E-state index in [0.29, 0.717) is 0 Å². The van der Waals surface area contributed by atoms with Crippen molar-refractivity contribution in [2.45, 2.75) is 78.0 Å². The van der Waals surface area contributed by atoms with Crippen molar-refractivity contribution in [3.8, 4) is 0 Å². The average molecular weight is 573 g/mol. The van der Waals surface area contributed by atoms with Crippen LogP contribution in [0.5, 0.6) is 0 Å². The Bertz CT molecular complexity index is 1040. The van der Waals surface area contributed by atoms with Crippen molar-refractivity contribution in [1.82, 2.24) is 10.6 Å². The fourth-order valence-electron chi connectivity index (χ4n) is 3.22. The van der Waals surface area contributed by atoms with E-state index < -0.39 is 47.4 Å². The molecular weight excluding hydrogens is 532 g/mol. The van der Waals surface area contributed by atoms with Gasteiger partial charge in [-0.1, -0.05) is 60.7 Å². The van der Waals surface area contributed by atoms with E-state index in [1.54, 1.807) is 41.5 Å². The van der Waals surface area contributed by atoms with Gasteiger partial charge in [-0.15, -0.1) is 0 Å². The summed E-state index contributed by atoms with van der Waals surface area (Å²) in [5, 5.41) is 4.77. The van der Waals surface area contributed by atoms with Gasteiger partial charge in [-0.05, 0) is 52.7 Å². The minimum absolute atomic E-state index is 0.144. The van der Waals surface area contributed by atoms with Crippen LogP contribution in [-0.4, -0.2) is 60.6 Å². The number of nitrogens with one attached hydrogen (secondary N) is 2. The lowest BCUT2D eigenvalue weighted by molar-refractivity contribution is -0.164. The summed E-state index contributed by atoms with van der Waals surface area (Å²) >= 11 is 0. The molecule has 11 nitrogen and oxygen atoms in total. The number of hydrogen-bond donors (Lipinski definition) is 2. The van der Waals surface area contributed by atoms with Crippen molar-refractivity contribution in [3.05, 3.63) is 71.8 Å². The summed E-state index contributed by atoms with van der Waals surface area (Å²) in [4.78, 5) is 50.9. The molecule has 0 radical (unpaired) electrons.